The number of methoxy groups -OCH3 is 1. The molecule has 0 saturated carbocycles. The highest BCUT2D eigenvalue weighted by Crippen LogP contribution is 2.22. The Balaban J connectivity index is 1.54. The molecule has 0 radical (unpaired) electrons. The number of ether oxygens (including phenoxy) is 3. The van der Waals surface area contributed by atoms with Gasteiger partial charge in [-0.3, -0.25) is 4.79 Å². The number of hydrazone groups is 1. The van der Waals surface area contributed by atoms with Crippen LogP contribution in [-0.2, 0) is 23.2 Å². The number of thioether (sulfide) groups is 1. The first-order valence-corrected chi connectivity index (χ1v) is 12.2. The van der Waals surface area contributed by atoms with Gasteiger partial charge in [0.05, 0.1) is 31.2 Å². The Morgan fingerprint density at radius 1 is 1.19 bits per heavy atom. The third kappa shape index (κ3) is 8.12. The Morgan fingerprint density at radius 3 is 2.64 bits per heavy atom. The summed E-state index contributed by atoms with van der Waals surface area (Å²) in [6.07, 6.45) is 3.12. The maximum absolute atomic E-state index is 12.1. The zero-order chi connectivity index (χ0) is 25.9. The van der Waals surface area contributed by atoms with Crippen molar-refractivity contribution in [3.63, 3.8) is 0 Å². The van der Waals surface area contributed by atoms with Crippen LogP contribution in [0.1, 0.15) is 35.3 Å². The monoisotopic (exact) mass is 511 g/mol. The minimum Gasteiger partial charge on any atom is -0.496 e. The number of benzene rings is 2. The molecule has 0 saturated heterocycles. The van der Waals surface area contributed by atoms with Crippen LogP contribution in [0.3, 0.4) is 0 Å². The average molecular weight is 512 g/mol. The highest BCUT2D eigenvalue weighted by molar-refractivity contribution is 7.99. The SMILES string of the molecule is COc1ccc(C=NNC(=O)CSc2nncn2C)cc1COc1ccc(C(=O)OCC(C)C)cc1. The van der Waals surface area contributed by atoms with Crippen molar-refractivity contribution in [2.24, 2.45) is 18.1 Å². The highest BCUT2D eigenvalue weighted by atomic mass is 32.2. The van der Waals surface area contributed by atoms with E-state index in [9.17, 15) is 9.59 Å². The second-order valence-electron chi connectivity index (χ2n) is 8.18. The molecule has 0 aliphatic heterocycles. The van der Waals surface area contributed by atoms with Crippen molar-refractivity contribution in [3.05, 3.63) is 65.5 Å². The van der Waals surface area contributed by atoms with Crippen LogP contribution < -0.4 is 14.9 Å². The van der Waals surface area contributed by atoms with E-state index in [0.717, 1.165) is 11.1 Å². The number of aromatic nitrogens is 3. The third-order valence-electron chi connectivity index (χ3n) is 4.74. The molecule has 3 rings (SSSR count). The van der Waals surface area contributed by atoms with Crippen molar-refractivity contribution >= 4 is 29.9 Å². The number of amides is 1. The van der Waals surface area contributed by atoms with Gasteiger partial charge in [-0.05, 0) is 53.9 Å². The van der Waals surface area contributed by atoms with Crippen molar-refractivity contribution in [2.45, 2.75) is 25.6 Å². The van der Waals surface area contributed by atoms with E-state index >= 15 is 0 Å². The zero-order valence-electron chi connectivity index (χ0n) is 20.6. The fourth-order valence-electron chi connectivity index (χ4n) is 2.91. The summed E-state index contributed by atoms with van der Waals surface area (Å²) < 4.78 is 18.3. The molecule has 0 unspecified atom stereocenters. The zero-order valence-corrected chi connectivity index (χ0v) is 21.4. The summed E-state index contributed by atoms with van der Waals surface area (Å²) in [5, 5.41) is 12.4. The molecule has 1 aromatic heterocycles. The maximum Gasteiger partial charge on any atom is 0.338 e. The van der Waals surface area contributed by atoms with E-state index in [1.165, 1.54) is 11.8 Å². The molecule has 3 aromatic rings. The molecular weight excluding hydrogens is 482 g/mol. The highest BCUT2D eigenvalue weighted by Gasteiger charge is 2.10. The Hall–Kier alpha value is -3.86. The van der Waals surface area contributed by atoms with Gasteiger partial charge < -0.3 is 18.8 Å². The Kier molecular flexibility index (Phi) is 9.87. The summed E-state index contributed by atoms with van der Waals surface area (Å²) in [4.78, 5) is 24.1. The van der Waals surface area contributed by atoms with Crippen LogP contribution in [0.4, 0.5) is 0 Å². The van der Waals surface area contributed by atoms with Crippen molar-refractivity contribution in [3.8, 4) is 11.5 Å². The number of nitrogens with zero attached hydrogens (tertiary/aromatic N) is 4. The molecule has 10 nitrogen and oxygen atoms in total. The number of aryl methyl sites for hydroxylation is 1. The smallest absolute Gasteiger partial charge is 0.338 e. The van der Waals surface area contributed by atoms with E-state index in [1.54, 1.807) is 54.6 Å². The molecule has 11 heteroatoms. The van der Waals surface area contributed by atoms with Crippen LogP contribution in [-0.4, -0.2) is 52.3 Å². The summed E-state index contributed by atoms with van der Waals surface area (Å²) in [6.45, 7) is 4.58. The van der Waals surface area contributed by atoms with Gasteiger partial charge in [-0.15, -0.1) is 10.2 Å². The number of carbonyl (C=O) groups excluding carboxylic acids is 2. The van der Waals surface area contributed by atoms with E-state index in [4.69, 9.17) is 14.2 Å². The van der Waals surface area contributed by atoms with Crippen LogP contribution in [0, 0.1) is 5.92 Å². The van der Waals surface area contributed by atoms with Gasteiger partial charge in [-0.1, -0.05) is 25.6 Å². The van der Waals surface area contributed by atoms with Crippen LogP contribution in [0.5, 0.6) is 11.5 Å². The number of esters is 1. The van der Waals surface area contributed by atoms with Gasteiger partial charge in [0.1, 0.15) is 24.4 Å². The molecule has 0 aliphatic rings. The van der Waals surface area contributed by atoms with Gasteiger partial charge in [-0.25, -0.2) is 10.2 Å². The second kappa shape index (κ2) is 13.3. The minimum atomic E-state index is -0.358. The molecule has 0 spiro atoms. The number of rotatable bonds is 12. The lowest BCUT2D eigenvalue weighted by Crippen LogP contribution is -2.19. The summed E-state index contributed by atoms with van der Waals surface area (Å²) in [5.41, 5.74) is 4.53. The van der Waals surface area contributed by atoms with Gasteiger partial charge in [0, 0.05) is 12.6 Å². The molecule has 0 atom stereocenters. The van der Waals surface area contributed by atoms with Crippen LogP contribution in [0.15, 0.2) is 59.0 Å². The lowest BCUT2D eigenvalue weighted by Gasteiger charge is -2.12. The molecule has 0 aliphatic carbocycles. The molecular formula is C25H29N5O5S. The second-order valence-corrected chi connectivity index (χ2v) is 9.13. The molecule has 1 heterocycles. The summed E-state index contributed by atoms with van der Waals surface area (Å²) in [5.74, 6) is 1.09. The largest absolute Gasteiger partial charge is 0.496 e. The molecule has 2 aromatic carbocycles. The van der Waals surface area contributed by atoms with Gasteiger partial charge in [-0.2, -0.15) is 5.10 Å². The van der Waals surface area contributed by atoms with Crippen molar-refractivity contribution in [1.29, 1.82) is 0 Å². The fraction of sp³-hybridized carbons (Fsp3) is 0.320. The van der Waals surface area contributed by atoms with Crippen molar-refractivity contribution in [2.75, 3.05) is 19.5 Å². The minimum absolute atomic E-state index is 0.166. The first-order valence-electron chi connectivity index (χ1n) is 11.2. The van der Waals surface area contributed by atoms with E-state index in [0.29, 0.717) is 28.8 Å². The van der Waals surface area contributed by atoms with Gasteiger partial charge in [0.25, 0.3) is 5.91 Å². The Bertz CT molecular complexity index is 1190. The molecule has 190 valence electrons. The molecule has 1 N–H and O–H groups in total. The lowest BCUT2D eigenvalue weighted by molar-refractivity contribution is -0.118. The fourth-order valence-corrected chi connectivity index (χ4v) is 3.59. The summed E-state index contributed by atoms with van der Waals surface area (Å²) in [7, 11) is 3.39. The summed E-state index contributed by atoms with van der Waals surface area (Å²) in [6, 6.07) is 12.3. The van der Waals surface area contributed by atoms with Gasteiger partial charge in [0.2, 0.25) is 0 Å². The molecule has 1 amide bonds. The quantitative estimate of drug-likeness (QED) is 0.170. The van der Waals surface area contributed by atoms with Crippen LogP contribution in [0.25, 0.3) is 0 Å². The van der Waals surface area contributed by atoms with Crippen molar-refractivity contribution in [1.82, 2.24) is 20.2 Å². The number of hydrogen-bond acceptors (Lipinski definition) is 9. The standard InChI is InChI=1S/C25H29N5O5S/c1-17(2)13-35-24(32)19-6-8-21(9-7-19)34-14-20-11-18(5-10-22(20)33-4)12-26-28-23(31)15-36-25-29-27-16-30(25)3/h5-12,16-17H,13-15H2,1-4H3,(H,28,31). The molecule has 0 bridgehead atoms. The third-order valence-corrected chi connectivity index (χ3v) is 5.78. The van der Waals surface area contributed by atoms with Crippen molar-refractivity contribution < 1.29 is 23.8 Å². The molecule has 36 heavy (non-hydrogen) atoms. The predicted octanol–water partition coefficient (Wildman–Crippen LogP) is 3.46. The number of nitrogens with one attached hydrogen (secondary N) is 1. The Morgan fingerprint density at radius 2 is 1.97 bits per heavy atom. The number of carbonyl (C=O) groups is 2. The normalized spacial score (nSPS) is 11.0. The van der Waals surface area contributed by atoms with Crippen LogP contribution >= 0.6 is 11.8 Å². The summed E-state index contributed by atoms with van der Waals surface area (Å²) >= 11 is 1.27. The van der Waals surface area contributed by atoms with E-state index in [2.05, 4.69) is 20.7 Å². The first kappa shape index (κ1) is 26.7. The average Bonchev–Trinajstić information content (AvgIpc) is 3.29. The van der Waals surface area contributed by atoms with E-state index in [1.807, 2.05) is 33.0 Å². The first-order chi connectivity index (χ1) is 17.4. The maximum atomic E-state index is 12.1. The Labute approximate surface area is 214 Å². The van der Waals surface area contributed by atoms with E-state index in [-0.39, 0.29) is 30.2 Å². The predicted molar refractivity (Wildman–Crippen MR) is 136 cm³/mol. The lowest BCUT2D eigenvalue weighted by atomic mass is 10.1. The van der Waals surface area contributed by atoms with Gasteiger partial charge in [0.15, 0.2) is 5.16 Å². The number of hydrogen-bond donors (Lipinski definition) is 1. The topological polar surface area (TPSA) is 117 Å². The van der Waals surface area contributed by atoms with E-state index < -0.39 is 0 Å². The van der Waals surface area contributed by atoms with Gasteiger partial charge >= 0.3 is 5.97 Å². The molecule has 0 fully saturated rings. The van der Waals surface area contributed by atoms with Crippen LogP contribution in [0.2, 0.25) is 0 Å².